The highest BCUT2D eigenvalue weighted by Crippen LogP contribution is 2.25. The first-order valence-corrected chi connectivity index (χ1v) is 9.20. The molecule has 0 unspecified atom stereocenters. The number of ether oxygens (including phenoxy) is 1. The number of methoxy groups -OCH3 is 1. The van der Waals surface area contributed by atoms with Gasteiger partial charge in [0.2, 0.25) is 5.91 Å². The molecule has 0 saturated carbocycles. The van der Waals surface area contributed by atoms with Gasteiger partial charge >= 0.3 is 0 Å². The van der Waals surface area contributed by atoms with E-state index in [1.807, 2.05) is 61.5 Å². The molecule has 5 heteroatoms. The van der Waals surface area contributed by atoms with E-state index in [0.717, 1.165) is 16.5 Å². The van der Waals surface area contributed by atoms with Crippen molar-refractivity contribution in [2.45, 2.75) is 20.3 Å². The van der Waals surface area contributed by atoms with Crippen LogP contribution in [0.1, 0.15) is 23.6 Å². The average Bonchev–Trinajstić information content (AvgIpc) is 2.69. The largest absolute Gasteiger partial charge is 0.495 e. The van der Waals surface area contributed by atoms with Crippen LogP contribution in [0.5, 0.6) is 5.75 Å². The summed E-state index contributed by atoms with van der Waals surface area (Å²) in [5.74, 6) is 0.498. The molecule has 2 N–H and O–H groups in total. The second kappa shape index (κ2) is 8.57. The predicted molar refractivity (Wildman–Crippen MR) is 113 cm³/mol. The molecule has 0 radical (unpaired) electrons. The molecule has 0 saturated heterocycles. The molecule has 28 heavy (non-hydrogen) atoms. The fourth-order valence-corrected chi connectivity index (χ4v) is 3.12. The van der Waals surface area contributed by atoms with Gasteiger partial charge in [-0.3, -0.25) is 9.59 Å². The second-order valence-corrected chi connectivity index (χ2v) is 6.74. The smallest absolute Gasteiger partial charge is 0.251 e. The Hall–Kier alpha value is -3.34. The first kappa shape index (κ1) is 19.4. The lowest BCUT2D eigenvalue weighted by Crippen LogP contribution is -2.28. The Labute approximate surface area is 164 Å². The fourth-order valence-electron chi connectivity index (χ4n) is 3.12. The van der Waals surface area contributed by atoms with Crippen molar-refractivity contribution in [3.63, 3.8) is 0 Å². The molecule has 0 fully saturated rings. The number of hydrogen-bond donors (Lipinski definition) is 2. The summed E-state index contributed by atoms with van der Waals surface area (Å²) in [4.78, 5) is 27.6. The van der Waals surface area contributed by atoms with E-state index >= 15 is 0 Å². The molecule has 144 valence electrons. The number of amides is 1. The van der Waals surface area contributed by atoms with E-state index in [4.69, 9.17) is 4.74 Å². The van der Waals surface area contributed by atoms with Crippen molar-refractivity contribution in [2.24, 2.45) is 0 Å². The fraction of sp³-hybridized carbons (Fsp3) is 0.217. The Bertz CT molecular complexity index is 1080. The van der Waals surface area contributed by atoms with Crippen molar-refractivity contribution in [3.05, 3.63) is 81.1 Å². The molecular formula is C23H24N2O3. The van der Waals surface area contributed by atoms with E-state index in [-0.39, 0.29) is 11.5 Å². The third-order valence-corrected chi connectivity index (χ3v) is 4.71. The minimum absolute atomic E-state index is 0.140. The first-order chi connectivity index (χ1) is 13.5. The molecule has 0 bridgehead atoms. The molecule has 3 rings (SSSR count). The Kier molecular flexibility index (Phi) is 5.94. The minimum atomic E-state index is -0.165. The van der Waals surface area contributed by atoms with Gasteiger partial charge in [0.25, 0.3) is 5.56 Å². The number of carbonyl (C=O) groups is 1. The van der Waals surface area contributed by atoms with Gasteiger partial charge in [-0.1, -0.05) is 36.4 Å². The van der Waals surface area contributed by atoms with Crippen LogP contribution >= 0.6 is 0 Å². The van der Waals surface area contributed by atoms with E-state index in [1.165, 1.54) is 0 Å². The topological polar surface area (TPSA) is 71.2 Å². The quantitative estimate of drug-likeness (QED) is 0.646. The number of pyridine rings is 1. The van der Waals surface area contributed by atoms with Crippen LogP contribution in [0.15, 0.2) is 58.9 Å². The van der Waals surface area contributed by atoms with Crippen molar-refractivity contribution < 1.29 is 9.53 Å². The Morgan fingerprint density at radius 2 is 1.93 bits per heavy atom. The summed E-state index contributed by atoms with van der Waals surface area (Å²) in [5, 5.41) is 3.82. The van der Waals surface area contributed by atoms with Crippen molar-refractivity contribution >= 4 is 22.9 Å². The molecule has 1 aromatic heterocycles. The molecule has 5 nitrogen and oxygen atoms in total. The first-order valence-electron chi connectivity index (χ1n) is 9.20. The van der Waals surface area contributed by atoms with Crippen LogP contribution in [0, 0.1) is 6.92 Å². The number of aryl methyl sites for hydroxylation is 1. The van der Waals surface area contributed by atoms with E-state index in [9.17, 15) is 9.59 Å². The molecule has 0 aliphatic heterocycles. The molecule has 3 aromatic rings. The zero-order chi connectivity index (χ0) is 20.1. The number of benzene rings is 2. The normalized spacial score (nSPS) is 11.5. The Morgan fingerprint density at radius 3 is 2.64 bits per heavy atom. The summed E-state index contributed by atoms with van der Waals surface area (Å²) in [6.07, 6.45) is 2.29. The van der Waals surface area contributed by atoms with Gasteiger partial charge in [0, 0.05) is 23.1 Å². The monoisotopic (exact) mass is 376 g/mol. The van der Waals surface area contributed by atoms with Crippen LogP contribution in [-0.2, 0) is 11.2 Å². The summed E-state index contributed by atoms with van der Waals surface area (Å²) in [7, 11) is 1.58. The van der Waals surface area contributed by atoms with Gasteiger partial charge in [-0.2, -0.15) is 0 Å². The number of aromatic nitrogens is 1. The van der Waals surface area contributed by atoms with E-state index in [1.54, 1.807) is 14.0 Å². The lowest BCUT2D eigenvalue weighted by Gasteiger charge is -2.10. The Morgan fingerprint density at radius 1 is 1.18 bits per heavy atom. The zero-order valence-electron chi connectivity index (χ0n) is 16.3. The zero-order valence-corrected chi connectivity index (χ0v) is 16.3. The van der Waals surface area contributed by atoms with Crippen LogP contribution in [0.2, 0.25) is 0 Å². The number of rotatable bonds is 6. The van der Waals surface area contributed by atoms with Crippen LogP contribution in [0.3, 0.4) is 0 Å². The SMILES string of the molecule is COc1ccc(C)c2cc(CCNC(=O)/C(C)=C/c3ccccc3)c(=O)[nH]c12. The van der Waals surface area contributed by atoms with Gasteiger partial charge in [-0.25, -0.2) is 0 Å². The number of H-pyrrole nitrogens is 1. The highest BCUT2D eigenvalue weighted by molar-refractivity contribution is 5.97. The van der Waals surface area contributed by atoms with Gasteiger partial charge in [-0.15, -0.1) is 0 Å². The van der Waals surface area contributed by atoms with Crippen molar-refractivity contribution in [2.75, 3.05) is 13.7 Å². The molecule has 1 amide bonds. The van der Waals surface area contributed by atoms with E-state index in [2.05, 4.69) is 10.3 Å². The van der Waals surface area contributed by atoms with Gasteiger partial charge in [0.15, 0.2) is 0 Å². The van der Waals surface area contributed by atoms with E-state index in [0.29, 0.717) is 35.4 Å². The number of nitrogens with one attached hydrogen (secondary N) is 2. The van der Waals surface area contributed by atoms with Crippen LogP contribution in [0.25, 0.3) is 17.0 Å². The number of carbonyl (C=O) groups excluding carboxylic acids is 1. The van der Waals surface area contributed by atoms with Crippen molar-refractivity contribution in [1.29, 1.82) is 0 Å². The molecular weight excluding hydrogens is 352 g/mol. The van der Waals surface area contributed by atoms with Gasteiger partial charge in [0.05, 0.1) is 12.6 Å². The summed E-state index contributed by atoms with van der Waals surface area (Å²) < 4.78 is 5.33. The van der Waals surface area contributed by atoms with Gasteiger partial charge in [0.1, 0.15) is 5.75 Å². The molecule has 0 aliphatic rings. The van der Waals surface area contributed by atoms with Crippen molar-refractivity contribution in [1.82, 2.24) is 10.3 Å². The van der Waals surface area contributed by atoms with E-state index < -0.39 is 0 Å². The average molecular weight is 376 g/mol. The number of aromatic amines is 1. The number of fused-ring (bicyclic) bond motifs is 1. The molecule has 2 aromatic carbocycles. The summed E-state index contributed by atoms with van der Waals surface area (Å²) in [6, 6.07) is 15.4. The van der Waals surface area contributed by atoms with Gasteiger partial charge < -0.3 is 15.0 Å². The molecule has 1 heterocycles. The van der Waals surface area contributed by atoms with Crippen molar-refractivity contribution in [3.8, 4) is 5.75 Å². The molecule has 0 spiro atoms. The summed E-state index contributed by atoms with van der Waals surface area (Å²) in [6.45, 7) is 4.15. The maximum absolute atomic E-state index is 12.4. The minimum Gasteiger partial charge on any atom is -0.495 e. The highest BCUT2D eigenvalue weighted by Gasteiger charge is 2.10. The van der Waals surface area contributed by atoms with Gasteiger partial charge in [-0.05, 0) is 49.6 Å². The molecule has 0 atom stereocenters. The van der Waals surface area contributed by atoms with Crippen LogP contribution in [-0.4, -0.2) is 24.5 Å². The third-order valence-electron chi connectivity index (χ3n) is 4.71. The second-order valence-electron chi connectivity index (χ2n) is 6.74. The maximum atomic E-state index is 12.4. The number of hydrogen-bond acceptors (Lipinski definition) is 3. The standard InChI is InChI=1S/C23H24N2O3/c1-15-9-10-20(28-3)21-19(15)14-18(23(27)25-21)11-12-24-22(26)16(2)13-17-7-5-4-6-8-17/h4-10,13-14H,11-12H2,1-3H3,(H,24,26)(H,25,27)/b16-13+. The third kappa shape index (κ3) is 4.31. The van der Waals surface area contributed by atoms with Crippen LogP contribution < -0.4 is 15.6 Å². The predicted octanol–water partition coefficient (Wildman–Crippen LogP) is 3.61. The maximum Gasteiger partial charge on any atom is 0.251 e. The lowest BCUT2D eigenvalue weighted by molar-refractivity contribution is -0.117. The highest BCUT2D eigenvalue weighted by atomic mass is 16.5. The van der Waals surface area contributed by atoms with Crippen LogP contribution in [0.4, 0.5) is 0 Å². The lowest BCUT2D eigenvalue weighted by atomic mass is 10.1. The molecule has 0 aliphatic carbocycles. The summed E-state index contributed by atoms with van der Waals surface area (Å²) in [5.41, 5.74) is 3.82. The Balaban J connectivity index is 1.71. The summed E-state index contributed by atoms with van der Waals surface area (Å²) >= 11 is 0.